The molecule has 0 saturated heterocycles. The number of rotatable bonds is 3. The maximum absolute atomic E-state index is 11.3. The van der Waals surface area contributed by atoms with E-state index < -0.39 is 6.67 Å². The minimum Gasteiger partial charge on any atom is -0.307 e. The average molecular weight is 103 g/mol. The molecule has 0 aliphatic heterocycles. The molecule has 1 N–H and O–H groups in total. The van der Waals surface area contributed by atoms with Crippen LogP contribution < -0.4 is 0 Å². The molecule has 0 unspecified atom stereocenters. The monoisotopic (exact) mass is 103 g/mol. The Bertz CT molecular complexity index is 61.1. The molecule has 7 heavy (non-hydrogen) atoms. The molecular formula is C5H10FN. The van der Waals surface area contributed by atoms with Crippen LogP contribution in [0.1, 0.15) is 19.8 Å². The lowest BCUT2D eigenvalue weighted by Crippen LogP contribution is -1.95. The van der Waals surface area contributed by atoms with Gasteiger partial charge in [-0.3, -0.25) is 0 Å². The quantitative estimate of drug-likeness (QED) is 0.526. The molecule has 42 valence electrons. The molecule has 0 spiro atoms. The van der Waals surface area contributed by atoms with E-state index in [0.29, 0.717) is 6.42 Å². The van der Waals surface area contributed by atoms with E-state index >= 15 is 0 Å². The predicted octanol–water partition coefficient (Wildman–Crippen LogP) is 1.78. The molecule has 0 aliphatic rings. The zero-order chi connectivity index (χ0) is 5.70. The van der Waals surface area contributed by atoms with Crippen molar-refractivity contribution >= 4 is 5.71 Å². The first kappa shape index (κ1) is 6.60. The van der Waals surface area contributed by atoms with Gasteiger partial charge in [-0.2, -0.15) is 0 Å². The van der Waals surface area contributed by atoms with Crippen LogP contribution in [0, 0.1) is 5.41 Å². The van der Waals surface area contributed by atoms with Crippen LogP contribution in [0.3, 0.4) is 0 Å². The molecule has 0 rings (SSSR count). The summed E-state index contributed by atoms with van der Waals surface area (Å²) in [7, 11) is 0. The van der Waals surface area contributed by atoms with Crippen LogP contribution in [0.15, 0.2) is 0 Å². The zero-order valence-electron chi connectivity index (χ0n) is 4.50. The first-order valence-corrected chi connectivity index (χ1v) is 2.43. The fraction of sp³-hybridized carbons (Fsp3) is 0.800. The molecule has 0 radical (unpaired) electrons. The largest absolute Gasteiger partial charge is 0.307 e. The Morgan fingerprint density at radius 1 is 1.71 bits per heavy atom. The molecular weight excluding hydrogens is 93.1 g/mol. The number of hydrogen-bond donors (Lipinski definition) is 1. The van der Waals surface area contributed by atoms with E-state index in [0.717, 1.165) is 6.42 Å². The maximum Gasteiger partial charge on any atom is 0.127 e. The van der Waals surface area contributed by atoms with Gasteiger partial charge in [0.05, 0.1) is 0 Å². The Labute approximate surface area is 43.0 Å². The van der Waals surface area contributed by atoms with E-state index in [9.17, 15) is 4.39 Å². The topological polar surface area (TPSA) is 23.9 Å². The lowest BCUT2D eigenvalue weighted by atomic mass is 10.2. The van der Waals surface area contributed by atoms with Gasteiger partial charge in [-0.25, -0.2) is 4.39 Å². The molecule has 2 heteroatoms. The van der Waals surface area contributed by atoms with E-state index in [4.69, 9.17) is 5.41 Å². The predicted molar refractivity (Wildman–Crippen MR) is 28.6 cm³/mol. The van der Waals surface area contributed by atoms with E-state index in [2.05, 4.69) is 0 Å². The fourth-order valence-electron chi connectivity index (χ4n) is 0.369. The summed E-state index contributed by atoms with van der Waals surface area (Å²) < 4.78 is 11.3. The lowest BCUT2D eigenvalue weighted by Gasteiger charge is -1.89. The van der Waals surface area contributed by atoms with Crippen molar-refractivity contribution < 1.29 is 4.39 Å². The third-order valence-corrected chi connectivity index (χ3v) is 0.713. The second-order valence-electron chi connectivity index (χ2n) is 1.49. The van der Waals surface area contributed by atoms with Gasteiger partial charge in [0.15, 0.2) is 0 Å². The molecule has 0 aromatic carbocycles. The smallest absolute Gasteiger partial charge is 0.127 e. The standard InChI is InChI=1S/C5H10FN/c1-2-3-5(7)4-6/h7H,2-4H2,1H3. The maximum atomic E-state index is 11.3. The molecule has 0 bridgehead atoms. The van der Waals surface area contributed by atoms with E-state index in [1.54, 1.807) is 0 Å². The van der Waals surface area contributed by atoms with Gasteiger partial charge in [-0.15, -0.1) is 0 Å². The number of hydrogen-bond acceptors (Lipinski definition) is 1. The number of halogens is 1. The summed E-state index contributed by atoms with van der Waals surface area (Å²) in [6.45, 7) is 1.36. The molecule has 0 aromatic rings. The average Bonchev–Trinajstić information content (AvgIpc) is 1.68. The normalized spacial score (nSPS) is 8.86. The minimum absolute atomic E-state index is 0.211. The third kappa shape index (κ3) is 3.43. The molecule has 0 heterocycles. The van der Waals surface area contributed by atoms with Gasteiger partial charge in [-0.05, 0) is 6.42 Å². The molecule has 0 aromatic heterocycles. The van der Waals surface area contributed by atoms with Gasteiger partial charge >= 0.3 is 0 Å². The van der Waals surface area contributed by atoms with Gasteiger partial charge in [0.25, 0.3) is 0 Å². The molecule has 0 amide bonds. The van der Waals surface area contributed by atoms with Crippen LogP contribution in [0.25, 0.3) is 0 Å². The van der Waals surface area contributed by atoms with Crippen LogP contribution in [-0.2, 0) is 0 Å². The SMILES string of the molecule is CCCC(=N)CF. The Balaban J connectivity index is 3.00. The Morgan fingerprint density at radius 2 is 2.29 bits per heavy atom. The van der Waals surface area contributed by atoms with Gasteiger partial charge in [-0.1, -0.05) is 13.3 Å². The summed E-state index contributed by atoms with van der Waals surface area (Å²) in [4.78, 5) is 0. The number of nitrogens with one attached hydrogen (secondary N) is 1. The van der Waals surface area contributed by atoms with Crippen LogP contribution in [0.2, 0.25) is 0 Å². The molecule has 0 saturated carbocycles. The first-order valence-electron chi connectivity index (χ1n) is 2.43. The van der Waals surface area contributed by atoms with Gasteiger partial charge in [0.1, 0.15) is 6.67 Å². The van der Waals surface area contributed by atoms with Gasteiger partial charge < -0.3 is 5.41 Å². The van der Waals surface area contributed by atoms with Crippen molar-refractivity contribution in [3.63, 3.8) is 0 Å². The van der Waals surface area contributed by atoms with Crippen LogP contribution in [0.5, 0.6) is 0 Å². The minimum atomic E-state index is -0.576. The van der Waals surface area contributed by atoms with Gasteiger partial charge in [0.2, 0.25) is 0 Å². The highest BCUT2D eigenvalue weighted by Gasteiger charge is 1.89. The Kier molecular flexibility index (Phi) is 3.56. The summed E-state index contributed by atoms with van der Waals surface area (Å²) in [6.07, 6.45) is 1.49. The molecule has 0 aliphatic carbocycles. The molecule has 1 nitrogen and oxygen atoms in total. The first-order chi connectivity index (χ1) is 3.31. The summed E-state index contributed by atoms with van der Waals surface area (Å²) in [5.41, 5.74) is 0.211. The van der Waals surface area contributed by atoms with Crippen molar-refractivity contribution in [1.82, 2.24) is 0 Å². The summed E-state index contributed by atoms with van der Waals surface area (Å²) in [6, 6.07) is 0. The van der Waals surface area contributed by atoms with Crippen LogP contribution in [-0.4, -0.2) is 12.4 Å². The summed E-state index contributed by atoms with van der Waals surface area (Å²) in [5, 5.41) is 6.76. The lowest BCUT2D eigenvalue weighted by molar-refractivity contribution is 0.573. The highest BCUT2D eigenvalue weighted by atomic mass is 19.1. The highest BCUT2D eigenvalue weighted by molar-refractivity contribution is 5.82. The number of alkyl halides is 1. The van der Waals surface area contributed by atoms with Crippen LogP contribution in [0.4, 0.5) is 4.39 Å². The fourth-order valence-corrected chi connectivity index (χ4v) is 0.369. The second kappa shape index (κ2) is 3.78. The van der Waals surface area contributed by atoms with Crippen molar-refractivity contribution in [3.05, 3.63) is 0 Å². The molecule has 0 fully saturated rings. The summed E-state index contributed by atoms with van der Waals surface area (Å²) in [5.74, 6) is 0. The van der Waals surface area contributed by atoms with E-state index in [1.807, 2.05) is 6.92 Å². The summed E-state index contributed by atoms with van der Waals surface area (Å²) >= 11 is 0. The third-order valence-electron chi connectivity index (χ3n) is 0.713. The van der Waals surface area contributed by atoms with E-state index in [-0.39, 0.29) is 5.71 Å². The zero-order valence-corrected chi connectivity index (χ0v) is 4.50. The van der Waals surface area contributed by atoms with Crippen LogP contribution >= 0.6 is 0 Å². The van der Waals surface area contributed by atoms with Gasteiger partial charge in [0, 0.05) is 5.71 Å². The van der Waals surface area contributed by atoms with Crippen molar-refractivity contribution in [2.75, 3.05) is 6.67 Å². The molecule has 0 atom stereocenters. The van der Waals surface area contributed by atoms with Crippen molar-refractivity contribution in [2.24, 2.45) is 0 Å². The van der Waals surface area contributed by atoms with Crippen molar-refractivity contribution in [3.8, 4) is 0 Å². The second-order valence-corrected chi connectivity index (χ2v) is 1.49. The van der Waals surface area contributed by atoms with E-state index in [1.165, 1.54) is 0 Å². The van der Waals surface area contributed by atoms with Crippen molar-refractivity contribution in [1.29, 1.82) is 5.41 Å². The Hall–Kier alpha value is -0.400. The highest BCUT2D eigenvalue weighted by Crippen LogP contribution is 1.88. The van der Waals surface area contributed by atoms with Crippen molar-refractivity contribution in [2.45, 2.75) is 19.8 Å². The Morgan fingerprint density at radius 3 is 2.43 bits per heavy atom.